The van der Waals surface area contributed by atoms with Crippen LogP contribution in [0.15, 0.2) is 51.4 Å². The molecule has 21 heavy (non-hydrogen) atoms. The van der Waals surface area contributed by atoms with Gasteiger partial charge in [0.25, 0.3) is 5.91 Å². The third-order valence-corrected chi connectivity index (χ3v) is 3.81. The van der Waals surface area contributed by atoms with Crippen molar-refractivity contribution < 1.29 is 14.6 Å². The molecule has 0 aliphatic heterocycles. The first kappa shape index (κ1) is 15.9. The fourth-order valence-electron chi connectivity index (χ4n) is 1.60. The smallest absolute Gasteiger partial charge is 0.265 e. The van der Waals surface area contributed by atoms with E-state index in [1.807, 2.05) is 12.1 Å². The van der Waals surface area contributed by atoms with Gasteiger partial charge >= 0.3 is 0 Å². The van der Waals surface area contributed by atoms with Gasteiger partial charge in [-0.1, -0.05) is 15.9 Å². The minimum atomic E-state index is -0.656. The molecule has 2 aromatic carbocycles. The first-order valence-electron chi connectivity index (χ1n) is 6.17. The van der Waals surface area contributed by atoms with Crippen LogP contribution >= 0.6 is 31.9 Å². The SMILES string of the molecule is CC(Oc1ccc(Br)cc1Br)C(=O)Nc1ccc(O)cc1. The molecule has 1 atom stereocenters. The summed E-state index contributed by atoms with van der Waals surface area (Å²) in [6, 6.07) is 11.7. The van der Waals surface area contributed by atoms with Crippen molar-refractivity contribution in [2.75, 3.05) is 5.32 Å². The molecule has 2 aromatic rings. The maximum Gasteiger partial charge on any atom is 0.265 e. The van der Waals surface area contributed by atoms with Gasteiger partial charge in [0.2, 0.25) is 0 Å². The summed E-state index contributed by atoms with van der Waals surface area (Å²) < 4.78 is 7.31. The number of carbonyl (C=O) groups excluding carboxylic acids is 1. The van der Waals surface area contributed by atoms with Crippen LogP contribution in [0.1, 0.15) is 6.92 Å². The average molecular weight is 415 g/mol. The molecule has 0 bridgehead atoms. The normalized spacial score (nSPS) is 11.8. The first-order valence-corrected chi connectivity index (χ1v) is 7.76. The van der Waals surface area contributed by atoms with E-state index in [4.69, 9.17) is 4.74 Å². The number of rotatable bonds is 4. The highest BCUT2D eigenvalue weighted by Crippen LogP contribution is 2.29. The van der Waals surface area contributed by atoms with Crippen LogP contribution in [0.25, 0.3) is 0 Å². The molecular formula is C15H13Br2NO3. The van der Waals surface area contributed by atoms with E-state index in [2.05, 4.69) is 37.2 Å². The summed E-state index contributed by atoms with van der Waals surface area (Å²) in [5, 5.41) is 11.9. The molecule has 0 aliphatic rings. The summed E-state index contributed by atoms with van der Waals surface area (Å²) in [6.07, 6.45) is -0.656. The van der Waals surface area contributed by atoms with Crippen molar-refractivity contribution in [2.24, 2.45) is 0 Å². The Hall–Kier alpha value is -1.53. The van der Waals surface area contributed by atoms with Gasteiger partial charge in [-0.05, 0) is 65.3 Å². The number of amides is 1. The number of hydrogen-bond acceptors (Lipinski definition) is 3. The van der Waals surface area contributed by atoms with E-state index < -0.39 is 6.10 Å². The van der Waals surface area contributed by atoms with Crippen LogP contribution in [0.4, 0.5) is 5.69 Å². The van der Waals surface area contributed by atoms with Crippen LogP contribution in [0, 0.1) is 0 Å². The fraction of sp³-hybridized carbons (Fsp3) is 0.133. The summed E-state index contributed by atoms with van der Waals surface area (Å²) in [5.74, 6) is 0.471. The number of anilines is 1. The van der Waals surface area contributed by atoms with Crippen LogP contribution in [0.5, 0.6) is 11.5 Å². The second-order valence-electron chi connectivity index (χ2n) is 4.37. The molecule has 6 heteroatoms. The molecule has 0 aliphatic carbocycles. The maximum atomic E-state index is 12.1. The molecule has 110 valence electrons. The molecule has 1 amide bonds. The van der Waals surface area contributed by atoms with E-state index in [0.717, 1.165) is 8.95 Å². The van der Waals surface area contributed by atoms with Gasteiger partial charge in [-0.2, -0.15) is 0 Å². The zero-order valence-electron chi connectivity index (χ0n) is 11.1. The van der Waals surface area contributed by atoms with Crippen LogP contribution < -0.4 is 10.1 Å². The summed E-state index contributed by atoms with van der Waals surface area (Å²) in [5.41, 5.74) is 0.600. The molecule has 0 saturated carbocycles. The molecule has 1 unspecified atom stereocenters. The Labute approximate surface area is 139 Å². The lowest BCUT2D eigenvalue weighted by Gasteiger charge is -2.16. The van der Waals surface area contributed by atoms with E-state index in [1.165, 1.54) is 12.1 Å². The second kappa shape index (κ2) is 6.95. The summed E-state index contributed by atoms with van der Waals surface area (Å²) in [7, 11) is 0. The van der Waals surface area contributed by atoms with E-state index in [-0.39, 0.29) is 11.7 Å². The highest BCUT2D eigenvalue weighted by molar-refractivity contribution is 9.11. The molecule has 0 spiro atoms. The van der Waals surface area contributed by atoms with Gasteiger partial charge in [0.05, 0.1) is 4.47 Å². The van der Waals surface area contributed by atoms with Gasteiger partial charge in [-0.25, -0.2) is 0 Å². The fourth-order valence-corrected chi connectivity index (χ4v) is 2.74. The van der Waals surface area contributed by atoms with E-state index >= 15 is 0 Å². The lowest BCUT2D eigenvalue weighted by atomic mass is 10.3. The molecule has 0 aromatic heterocycles. The third-order valence-electron chi connectivity index (χ3n) is 2.70. The Bertz CT molecular complexity index is 644. The monoisotopic (exact) mass is 413 g/mol. The van der Waals surface area contributed by atoms with Crippen molar-refractivity contribution in [1.82, 2.24) is 0 Å². The van der Waals surface area contributed by atoms with Gasteiger partial charge < -0.3 is 15.2 Å². The van der Waals surface area contributed by atoms with Gasteiger partial charge in [0.1, 0.15) is 11.5 Å². The summed E-state index contributed by atoms with van der Waals surface area (Å²) >= 11 is 6.74. The van der Waals surface area contributed by atoms with E-state index in [9.17, 15) is 9.90 Å². The van der Waals surface area contributed by atoms with Gasteiger partial charge in [0, 0.05) is 10.2 Å². The molecular weight excluding hydrogens is 402 g/mol. The van der Waals surface area contributed by atoms with Gasteiger partial charge in [0.15, 0.2) is 6.10 Å². The van der Waals surface area contributed by atoms with Crippen molar-refractivity contribution in [3.8, 4) is 11.5 Å². The molecule has 0 fully saturated rings. The number of nitrogens with one attached hydrogen (secondary N) is 1. The van der Waals surface area contributed by atoms with Crippen LogP contribution in [-0.2, 0) is 4.79 Å². The predicted octanol–water partition coefficient (Wildman–Crippen LogP) is 4.32. The number of aromatic hydroxyl groups is 1. The Morgan fingerprint density at radius 3 is 2.48 bits per heavy atom. The van der Waals surface area contributed by atoms with Crippen molar-refractivity contribution in [3.05, 3.63) is 51.4 Å². The lowest BCUT2D eigenvalue weighted by molar-refractivity contribution is -0.122. The standard InChI is InChI=1S/C15H13Br2NO3/c1-9(21-14-7-2-10(16)8-13(14)17)15(20)18-11-3-5-12(19)6-4-11/h2-9,19H,1H3,(H,18,20). The molecule has 2 rings (SSSR count). The Kier molecular flexibility index (Phi) is 5.25. The van der Waals surface area contributed by atoms with Crippen molar-refractivity contribution >= 4 is 43.5 Å². The van der Waals surface area contributed by atoms with Crippen molar-refractivity contribution in [2.45, 2.75) is 13.0 Å². The number of benzene rings is 2. The Morgan fingerprint density at radius 2 is 1.86 bits per heavy atom. The minimum Gasteiger partial charge on any atom is -0.508 e. The minimum absolute atomic E-state index is 0.149. The number of carbonyl (C=O) groups is 1. The van der Waals surface area contributed by atoms with Crippen LogP contribution in [0.2, 0.25) is 0 Å². The highest BCUT2D eigenvalue weighted by Gasteiger charge is 2.16. The highest BCUT2D eigenvalue weighted by atomic mass is 79.9. The third kappa shape index (κ3) is 4.47. The number of hydrogen-bond donors (Lipinski definition) is 2. The number of phenols is 1. The largest absolute Gasteiger partial charge is 0.508 e. The van der Waals surface area contributed by atoms with Crippen LogP contribution in [-0.4, -0.2) is 17.1 Å². The van der Waals surface area contributed by atoms with Gasteiger partial charge in [-0.15, -0.1) is 0 Å². The molecule has 2 N–H and O–H groups in total. The zero-order chi connectivity index (χ0) is 15.4. The lowest BCUT2D eigenvalue weighted by Crippen LogP contribution is -2.30. The number of ether oxygens (including phenoxy) is 1. The summed E-state index contributed by atoms with van der Waals surface area (Å²) in [4.78, 5) is 12.1. The van der Waals surface area contributed by atoms with Gasteiger partial charge in [-0.3, -0.25) is 4.79 Å². The zero-order valence-corrected chi connectivity index (χ0v) is 14.3. The molecule has 4 nitrogen and oxygen atoms in total. The van der Waals surface area contributed by atoms with Crippen LogP contribution in [0.3, 0.4) is 0 Å². The Morgan fingerprint density at radius 1 is 1.19 bits per heavy atom. The maximum absolute atomic E-state index is 12.1. The van der Waals surface area contributed by atoms with E-state index in [1.54, 1.807) is 25.1 Å². The molecule has 0 heterocycles. The first-order chi connectivity index (χ1) is 9.95. The van der Waals surface area contributed by atoms with Crippen molar-refractivity contribution in [3.63, 3.8) is 0 Å². The quantitative estimate of drug-likeness (QED) is 0.732. The number of halogens is 2. The number of phenolic OH excluding ortho intramolecular Hbond substituents is 1. The average Bonchev–Trinajstić information content (AvgIpc) is 2.44. The predicted molar refractivity (Wildman–Crippen MR) is 88.7 cm³/mol. The molecule has 0 saturated heterocycles. The summed E-state index contributed by atoms with van der Waals surface area (Å²) in [6.45, 7) is 1.67. The topological polar surface area (TPSA) is 58.6 Å². The van der Waals surface area contributed by atoms with E-state index in [0.29, 0.717) is 11.4 Å². The van der Waals surface area contributed by atoms with Crippen molar-refractivity contribution in [1.29, 1.82) is 0 Å². The molecule has 0 radical (unpaired) electrons. The second-order valence-corrected chi connectivity index (χ2v) is 6.14. The Balaban J connectivity index is 2.00.